The summed E-state index contributed by atoms with van der Waals surface area (Å²) >= 11 is 0. The first-order valence-electron chi connectivity index (χ1n) is 9.18. The van der Waals surface area contributed by atoms with Crippen LogP contribution in [0.1, 0.15) is 36.2 Å². The fourth-order valence-electron chi connectivity index (χ4n) is 5.42. The smallest absolute Gasteiger partial charge is 0.259 e. The number of benzene rings is 1. The number of amides is 1. The van der Waals surface area contributed by atoms with Crippen molar-refractivity contribution in [3.8, 4) is 0 Å². The maximum atomic E-state index is 13.1. The van der Waals surface area contributed by atoms with Crippen molar-refractivity contribution in [3.05, 3.63) is 45.7 Å². The largest absolute Gasteiger partial charge is 0.384 e. The summed E-state index contributed by atoms with van der Waals surface area (Å²) in [6.45, 7) is 8.48. The number of pyridine rings is 1. The number of methoxy groups -OCH3 is 1. The van der Waals surface area contributed by atoms with E-state index in [2.05, 4.69) is 18.8 Å². The second-order valence-electron chi connectivity index (χ2n) is 8.78. The van der Waals surface area contributed by atoms with Crippen LogP contribution in [0.15, 0.2) is 29.2 Å². The Labute approximate surface area is 153 Å². The van der Waals surface area contributed by atoms with E-state index in [9.17, 15) is 9.59 Å². The third-order valence-corrected chi connectivity index (χ3v) is 6.38. The Balaban J connectivity index is 1.68. The standard InChI is InChI=1S/C21H26N2O3/c1-13-5-6-16-14(7-13)18(24)15(8-22-16)19(25)23-9-17-20(2,3)10-21(17,11-23)12-26-4/h5-8,17H,9-12H2,1-4H3,(H,22,24)/t17-,21-/m1/s1. The van der Waals surface area contributed by atoms with E-state index in [0.717, 1.165) is 17.5 Å². The Morgan fingerprint density at radius 2 is 2.15 bits per heavy atom. The minimum atomic E-state index is -0.188. The number of aryl methyl sites for hydroxylation is 1. The number of likely N-dealkylation sites (tertiary alicyclic amines) is 1. The van der Waals surface area contributed by atoms with Crippen LogP contribution in [0.2, 0.25) is 0 Å². The molecule has 2 fully saturated rings. The molecule has 4 rings (SSSR count). The van der Waals surface area contributed by atoms with Crippen molar-refractivity contribution in [2.45, 2.75) is 27.2 Å². The Bertz CT molecular complexity index is 946. The van der Waals surface area contributed by atoms with Gasteiger partial charge in [0.2, 0.25) is 5.43 Å². The molecule has 1 aromatic heterocycles. The highest BCUT2D eigenvalue weighted by Crippen LogP contribution is 2.62. The second kappa shape index (κ2) is 5.68. The van der Waals surface area contributed by atoms with Crippen LogP contribution < -0.4 is 5.43 Å². The number of rotatable bonds is 3. The van der Waals surface area contributed by atoms with Gasteiger partial charge in [0.05, 0.1) is 6.61 Å². The van der Waals surface area contributed by atoms with Crippen molar-refractivity contribution in [1.82, 2.24) is 9.88 Å². The van der Waals surface area contributed by atoms with Crippen LogP contribution in [-0.4, -0.2) is 42.6 Å². The summed E-state index contributed by atoms with van der Waals surface area (Å²) in [6, 6.07) is 5.68. The van der Waals surface area contributed by atoms with Crippen LogP contribution in [0.25, 0.3) is 10.9 Å². The molecular weight excluding hydrogens is 328 g/mol. The normalized spacial score (nSPS) is 26.6. The third kappa shape index (κ3) is 2.41. The van der Waals surface area contributed by atoms with E-state index in [1.165, 1.54) is 0 Å². The topological polar surface area (TPSA) is 62.4 Å². The molecule has 1 saturated carbocycles. The summed E-state index contributed by atoms with van der Waals surface area (Å²) in [5, 5.41) is 0.574. The molecular formula is C21H26N2O3. The van der Waals surface area contributed by atoms with Crippen LogP contribution >= 0.6 is 0 Å². The Morgan fingerprint density at radius 1 is 1.38 bits per heavy atom. The molecule has 0 radical (unpaired) electrons. The summed E-state index contributed by atoms with van der Waals surface area (Å²) in [6.07, 6.45) is 2.62. The number of nitrogens with zero attached hydrogens (tertiary/aromatic N) is 1. The number of hydrogen-bond donors (Lipinski definition) is 1. The second-order valence-corrected chi connectivity index (χ2v) is 8.78. The lowest BCUT2D eigenvalue weighted by Gasteiger charge is -2.56. The van der Waals surface area contributed by atoms with Gasteiger partial charge in [-0.05, 0) is 36.8 Å². The Hall–Kier alpha value is -2.14. The molecule has 2 aromatic rings. The molecule has 1 aliphatic heterocycles. The number of nitrogens with one attached hydrogen (secondary N) is 1. The zero-order valence-electron chi connectivity index (χ0n) is 15.9. The van der Waals surface area contributed by atoms with Crippen LogP contribution in [0.3, 0.4) is 0 Å². The fourth-order valence-corrected chi connectivity index (χ4v) is 5.42. The van der Waals surface area contributed by atoms with Gasteiger partial charge in [0.25, 0.3) is 5.91 Å². The molecule has 138 valence electrons. The molecule has 0 spiro atoms. The van der Waals surface area contributed by atoms with E-state index in [1.807, 2.05) is 30.0 Å². The molecule has 1 amide bonds. The quantitative estimate of drug-likeness (QED) is 0.922. The summed E-state index contributed by atoms with van der Waals surface area (Å²) in [7, 11) is 1.72. The van der Waals surface area contributed by atoms with Gasteiger partial charge in [-0.1, -0.05) is 25.5 Å². The molecule has 1 aromatic carbocycles. The highest BCUT2D eigenvalue weighted by atomic mass is 16.5. The number of ether oxygens (including phenoxy) is 1. The summed E-state index contributed by atoms with van der Waals surface area (Å²) < 4.78 is 5.47. The van der Waals surface area contributed by atoms with E-state index in [-0.39, 0.29) is 27.7 Å². The minimum absolute atomic E-state index is 0.0358. The van der Waals surface area contributed by atoms with E-state index in [4.69, 9.17) is 4.74 Å². The molecule has 5 nitrogen and oxygen atoms in total. The molecule has 1 N–H and O–H groups in total. The van der Waals surface area contributed by atoms with Crippen molar-refractivity contribution in [1.29, 1.82) is 0 Å². The first-order chi connectivity index (χ1) is 12.3. The van der Waals surface area contributed by atoms with Gasteiger partial charge >= 0.3 is 0 Å². The van der Waals surface area contributed by atoms with E-state index >= 15 is 0 Å². The Morgan fingerprint density at radius 3 is 2.85 bits per heavy atom. The van der Waals surface area contributed by atoms with Crippen molar-refractivity contribution < 1.29 is 9.53 Å². The van der Waals surface area contributed by atoms with E-state index < -0.39 is 0 Å². The molecule has 1 saturated heterocycles. The minimum Gasteiger partial charge on any atom is -0.384 e. The zero-order chi connectivity index (χ0) is 18.7. The summed E-state index contributed by atoms with van der Waals surface area (Å²) in [5.41, 5.74) is 2.05. The van der Waals surface area contributed by atoms with Gasteiger partial charge in [0.1, 0.15) is 5.56 Å². The SMILES string of the molecule is COC[C@@]12CN(C(=O)c3c[nH]c4ccc(C)cc4c3=O)C[C@@H]1C(C)(C)C2. The predicted molar refractivity (Wildman–Crippen MR) is 101 cm³/mol. The number of carbonyl (C=O) groups is 1. The molecule has 26 heavy (non-hydrogen) atoms. The third-order valence-electron chi connectivity index (χ3n) is 6.38. The maximum Gasteiger partial charge on any atom is 0.259 e. The number of aromatic amines is 1. The maximum absolute atomic E-state index is 13.1. The van der Waals surface area contributed by atoms with Crippen molar-refractivity contribution in [3.63, 3.8) is 0 Å². The average Bonchev–Trinajstić information content (AvgIpc) is 2.90. The number of carbonyl (C=O) groups excluding carboxylic acids is 1. The monoisotopic (exact) mass is 354 g/mol. The molecule has 2 atom stereocenters. The van der Waals surface area contributed by atoms with Gasteiger partial charge in [0, 0.05) is 42.7 Å². The van der Waals surface area contributed by atoms with Crippen LogP contribution in [-0.2, 0) is 4.74 Å². The molecule has 2 heterocycles. The predicted octanol–water partition coefficient (Wildman–Crippen LogP) is 2.97. The number of aromatic nitrogens is 1. The van der Waals surface area contributed by atoms with E-state index in [0.29, 0.717) is 31.0 Å². The van der Waals surface area contributed by atoms with Crippen LogP contribution in [0, 0.1) is 23.7 Å². The summed E-state index contributed by atoms with van der Waals surface area (Å²) in [5.74, 6) is 0.246. The lowest BCUT2D eigenvalue weighted by atomic mass is 9.48. The number of hydrogen-bond acceptors (Lipinski definition) is 3. The molecule has 0 bridgehead atoms. The van der Waals surface area contributed by atoms with Crippen molar-refractivity contribution >= 4 is 16.8 Å². The van der Waals surface area contributed by atoms with Crippen LogP contribution in [0.5, 0.6) is 0 Å². The van der Waals surface area contributed by atoms with Crippen LogP contribution in [0.4, 0.5) is 0 Å². The number of H-pyrrole nitrogens is 1. The average molecular weight is 354 g/mol. The van der Waals surface area contributed by atoms with Gasteiger partial charge in [-0.15, -0.1) is 0 Å². The van der Waals surface area contributed by atoms with Gasteiger partial charge in [-0.25, -0.2) is 0 Å². The summed E-state index contributed by atoms with van der Waals surface area (Å²) in [4.78, 5) is 31.0. The molecule has 0 unspecified atom stereocenters. The van der Waals surface area contributed by atoms with Crippen molar-refractivity contribution in [2.24, 2.45) is 16.7 Å². The van der Waals surface area contributed by atoms with Crippen molar-refractivity contribution in [2.75, 3.05) is 26.8 Å². The highest BCUT2D eigenvalue weighted by molar-refractivity contribution is 5.97. The molecule has 1 aliphatic carbocycles. The number of fused-ring (bicyclic) bond motifs is 2. The van der Waals surface area contributed by atoms with E-state index in [1.54, 1.807) is 13.3 Å². The zero-order valence-corrected chi connectivity index (χ0v) is 15.9. The first kappa shape index (κ1) is 17.3. The molecule has 2 aliphatic rings. The van der Waals surface area contributed by atoms with Gasteiger partial charge in [0.15, 0.2) is 0 Å². The lowest BCUT2D eigenvalue weighted by molar-refractivity contribution is -0.107. The Kier molecular flexibility index (Phi) is 3.77. The fraction of sp³-hybridized carbons (Fsp3) is 0.524. The molecule has 5 heteroatoms. The van der Waals surface area contributed by atoms with Gasteiger partial charge in [-0.3, -0.25) is 9.59 Å². The first-order valence-corrected chi connectivity index (χ1v) is 9.18. The van der Waals surface area contributed by atoms with Gasteiger partial charge < -0.3 is 14.6 Å². The lowest BCUT2D eigenvalue weighted by Crippen LogP contribution is -2.55. The van der Waals surface area contributed by atoms with Gasteiger partial charge in [-0.2, -0.15) is 0 Å². The highest BCUT2D eigenvalue weighted by Gasteiger charge is 2.63.